The predicted molar refractivity (Wildman–Crippen MR) is 97.5 cm³/mol. The van der Waals surface area contributed by atoms with E-state index in [1.807, 2.05) is 24.3 Å². The van der Waals surface area contributed by atoms with Crippen molar-refractivity contribution in [3.05, 3.63) is 47.3 Å². The van der Waals surface area contributed by atoms with Crippen LogP contribution in [0.2, 0.25) is 5.02 Å². The van der Waals surface area contributed by atoms with Crippen molar-refractivity contribution >= 4 is 28.6 Å². The lowest BCUT2D eigenvalue weighted by Gasteiger charge is -2.17. The zero-order valence-corrected chi connectivity index (χ0v) is 14.9. The van der Waals surface area contributed by atoms with Gasteiger partial charge in [-0.05, 0) is 30.9 Å². The minimum Gasteiger partial charge on any atom is -0.364 e. The van der Waals surface area contributed by atoms with Gasteiger partial charge >= 0.3 is 6.08 Å². The number of nitrogens with one attached hydrogen (secondary N) is 1. The van der Waals surface area contributed by atoms with Gasteiger partial charge in [-0.25, -0.2) is 4.98 Å². The zero-order chi connectivity index (χ0) is 17.9. The van der Waals surface area contributed by atoms with Crippen LogP contribution in [0, 0.1) is 6.08 Å². The van der Waals surface area contributed by atoms with Gasteiger partial charge in [0.1, 0.15) is 6.23 Å². The number of aromatic nitrogens is 4. The molecule has 0 aliphatic carbocycles. The van der Waals surface area contributed by atoms with Crippen molar-refractivity contribution < 1.29 is 9.13 Å². The molecule has 1 aliphatic heterocycles. The van der Waals surface area contributed by atoms with Gasteiger partial charge in [-0.3, -0.25) is 4.57 Å². The molecule has 3 heterocycles. The molecule has 1 aliphatic rings. The topological polar surface area (TPSA) is 64.9 Å². The number of rotatable bonds is 4. The average Bonchev–Trinajstić information content (AvgIpc) is 2.87. The van der Waals surface area contributed by atoms with Crippen molar-refractivity contribution in [2.75, 3.05) is 11.9 Å². The third kappa shape index (κ3) is 3.50. The van der Waals surface area contributed by atoms with Gasteiger partial charge in [0, 0.05) is 18.2 Å². The number of anilines is 1. The van der Waals surface area contributed by atoms with Crippen molar-refractivity contribution in [2.24, 2.45) is 0 Å². The van der Waals surface area contributed by atoms with Crippen LogP contribution in [-0.2, 0) is 11.3 Å². The molecule has 6 nitrogen and oxygen atoms in total. The smallest absolute Gasteiger partial charge is 0.312 e. The molecular formula is C18H19ClFN5O. The Morgan fingerprint density at radius 3 is 3.00 bits per heavy atom. The van der Waals surface area contributed by atoms with Crippen LogP contribution in [0.5, 0.6) is 0 Å². The molecule has 0 bridgehead atoms. The van der Waals surface area contributed by atoms with Gasteiger partial charge < -0.3 is 10.1 Å². The standard InChI is InChI=1S/C18H19ClFN5O/c19-13-7-4-3-6-12(13)10-21-16-15-17(24-18(20)23-16)25(11-22-15)14-8-2-1-5-9-26-14/h3-4,6-7,11,14H,1-2,5,8-10H2,(H,21,23,24). The van der Waals surface area contributed by atoms with E-state index in [1.54, 1.807) is 10.9 Å². The number of halogens is 2. The highest BCUT2D eigenvalue weighted by atomic mass is 35.5. The highest BCUT2D eigenvalue weighted by Crippen LogP contribution is 2.28. The fraction of sp³-hybridized carbons (Fsp3) is 0.389. The van der Waals surface area contributed by atoms with Crippen molar-refractivity contribution in [1.82, 2.24) is 19.5 Å². The van der Waals surface area contributed by atoms with Crippen LogP contribution in [0.25, 0.3) is 11.2 Å². The van der Waals surface area contributed by atoms with Crippen molar-refractivity contribution in [1.29, 1.82) is 0 Å². The van der Waals surface area contributed by atoms with Crippen LogP contribution in [0.4, 0.5) is 10.2 Å². The molecule has 1 unspecified atom stereocenters. The summed E-state index contributed by atoms with van der Waals surface area (Å²) in [7, 11) is 0. The maximum absolute atomic E-state index is 14.0. The highest BCUT2D eigenvalue weighted by Gasteiger charge is 2.20. The summed E-state index contributed by atoms with van der Waals surface area (Å²) >= 11 is 6.18. The molecule has 8 heteroatoms. The van der Waals surface area contributed by atoms with Gasteiger partial charge in [0.25, 0.3) is 0 Å². The summed E-state index contributed by atoms with van der Waals surface area (Å²) in [6.45, 7) is 1.10. The first-order chi connectivity index (χ1) is 12.7. The van der Waals surface area contributed by atoms with Crippen molar-refractivity contribution in [3.63, 3.8) is 0 Å². The van der Waals surface area contributed by atoms with Gasteiger partial charge in [-0.1, -0.05) is 36.2 Å². The van der Waals surface area contributed by atoms with E-state index in [4.69, 9.17) is 16.3 Å². The molecule has 1 saturated heterocycles. The molecule has 0 spiro atoms. The van der Waals surface area contributed by atoms with Gasteiger partial charge in [0.2, 0.25) is 0 Å². The molecule has 1 fully saturated rings. The van der Waals surface area contributed by atoms with Crippen LogP contribution < -0.4 is 5.32 Å². The maximum atomic E-state index is 14.0. The Hall–Kier alpha value is -2.25. The van der Waals surface area contributed by atoms with Gasteiger partial charge in [0.05, 0.1) is 6.33 Å². The summed E-state index contributed by atoms with van der Waals surface area (Å²) in [5, 5.41) is 3.76. The normalized spacial score (nSPS) is 18.0. The summed E-state index contributed by atoms with van der Waals surface area (Å²) in [5.41, 5.74) is 1.85. The largest absolute Gasteiger partial charge is 0.364 e. The minimum absolute atomic E-state index is 0.173. The Morgan fingerprint density at radius 1 is 1.23 bits per heavy atom. The summed E-state index contributed by atoms with van der Waals surface area (Å²) < 4.78 is 21.7. The van der Waals surface area contributed by atoms with E-state index in [0.717, 1.165) is 31.2 Å². The third-order valence-corrected chi connectivity index (χ3v) is 4.88. The molecule has 1 aromatic carbocycles. The molecule has 26 heavy (non-hydrogen) atoms. The molecule has 3 aromatic rings. The molecule has 2 aromatic heterocycles. The van der Waals surface area contributed by atoms with Crippen LogP contribution in [0.15, 0.2) is 30.6 Å². The van der Waals surface area contributed by atoms with Crippen LogP contribution >= 0.6 is 11.6 Å². The fourth-order valence-electron chi connectivity index (χ4n) is 3.16. The Bertz CT molecular complexity index is 908. The number of hydrogen-bond donors (Lipinski definition) is 1. The van der Waals surface area contributed by atoms with Gasteiger partial charge in [-0.2, -0.15) is 14.4 Å². The van der Waals surface area contributed by atoms with Gasteiger partial charge in [0.15, 0.2) is 17.0 Å². The minimum atomic E-state index is -0.797. The van der Waals surface area contributed by atoms with Crippen molar-refractivity contribution in [3.8, 4) is 0 Å². The second-order valence-corrected chi connectivity index (χ2v) is 6.69. The molecule has 0 amide bonds. The Labute approximate surface area is 155 Å². The van der Waals surface area contributed by atoms with Crippen LogP contribution in [0.3, 0.4) is 0 Å². The van der Waals surface area contributed by atoms with E-state index < -0.39 is 6.08 Å². The first-order valence-corrected chi connectivity index (χ1v) is 9.09. The van der Waals surface area contributed by atoms with Crippen molar-refractivity contribution in [2.45, 2.75) is 38.5 Å². The SMILES string of the molecule is Fc1nc(NCc2ccccc2Cl)c2ncn(C3CCCCCO3)c2n1. The lowest BCUT2D eigenvalue weighted by atomic mass is 10.2. The van der Waals surface area contributed by atoms with E-state index in [2.05, 4.69) is 20.3 Å². The number of nitrogens with zero attached hydrogens (tertiary/aromatic N) is 4. The predicted octanol–water partition coefficient (Wildman–Crippen LogP) is 4.32. The monoisotopic (exact) mass is 375 g/mol. The summed E-state index contributed by atoms with van der Waals surface area (Å²) in [4.78, 5) is 12.2. The number of imidazole rings is 1. The van der Waals surface area contributed by atoms with Crippen LogP contribution in [-0.4, -0.2) is 26.1 Å². The molecule has 0 radical (unpaired) electrons. The van der Waals surface area contributed by atoms with Gasteiger partial charge in [-0.15, -0.1) is 0 Å². The lowest BCUT2D eigenvalue weighted by Crippen LogP contribution is -2.12. The van der Waals surface area contributed by atoms with E-state index in [9.17, 15) is 4.39 Å². The average molecular weight is 376 g/mol. The summed E-state index contributed by atoms with van der Waals surface area (Å²) in [6, 6.07) is 7.48. The molecule has 4 rings (SSSR count). The molecule has 1 atom stereocenters. The van der Waals surface area contributed by atoms with E-state index in [0.29, 0.717) is 35.2 Å². The second kappa shape index (κ2) is 7.55. The summed E-state index contributed by atoms with van der Waals surface area (Å²) in [6.07, 6.45) is 4.78. The van der Waals surface area contributed by atoms with E-state index in [1.165, 1.54) is 0 Å². The quantitative estimate of drug-likeness (QED) is 0.688. The van der Waals surface area contributed by atoms with E-state index >= 15 is 0 Å². The highest BCUT2D eigenvalue weighted by molar-refractivity contribution is 6.31. The second-order valence-electron chi connectivity index (χ2n) is 6.29. The maximum Gasteiger partial charge on any atom is 0.312 e. The first-order valence-electron chi connectivity index (χ1n) is 8.71. The molecule has 0 saturated carbocycles. The zero-order valence-electron chi connectivity index (χ0n) is 14.2. The molecule has 136 valence electrons. The summed E-state index contributed by atoms with van der Waals surface area (Å²) in [5.74, 6) is 0.347. The lowest BCUT2D eigenvalue weighted by molar-refractivity contribution is 0.00928. The molecule has 1 N–H and O–H groups in total. The molecular weight excluding hydrogens is 357 g/mol. The van der Waals surface area contributed by atoms with E-state index in [-0.39, 0.29) is 6.23 Å². The Kier molecular flexibility index (Phi) is 4.99. The third-order valence-electron chi connectivity index (χ3n) is 4.51. The number of hydrogen-bond acceptors (Lipinski definition) is 5. The number of benzene rings is 1. The number of ether oxygens (including phenoxy) is 1. The van der Waals surface area contributed by atoms with Crippen LogP contribution in [0.1, 0.15) is 37.5 Å². The number of fused-ring (bicyclic) bond motifs is 1. The first kappa shape index (κ1) is 17.2. The fourth-order valence-corrected chi connectivity index (χ4v) is 3.37. The Morgan fingerprint density at radius 2 is 2.12 bits per heavy atom. The Balaban J connectivity index is 1.64.